The van der Waals surface area contributed by atoms with Gasteiger partial charge < -0.3 is 29.1 Å². The van der Waals surface area contributed by atoms with Crippen molar-refractivity contribution in [3.05, 3.63) is 70.8 Å². The first-order valence-electron chi connectivity index (χ1n) is 18.2. The molecule has 5 rings (SSSR count). The Hall–Kier alpha value is -2.91. The maximum atomic E-state index is 11.7. The van der Waals surface area contributed by atoms with Crippen LogP contribution in [0.2, 0.25) is 0 Å². The van der Waals surface area contributed by atoms with Gasteiger partial charge in [0.1, 0.15) is 5.75 Å². The number of hydrogen-bond acceptors (Lipinski definition) is 7. The molecule has 5 atom stereocenters. The molecule has 5 unspecified atom stereocenters. The fourth-order valence-electron chi connectivity index (χ4n) is 7.44. The van der Waals surface area contributed by atoms with E-state index >= 15 is 0 Å². The number of carbonyl (C=O) groups is 1. The summed E-state index contributed by atoms with van der Waals surface area (Å²) in [6, 6.07) is 13.1. The van der Waals surface area contributed by atoms with Crippen molar-refractivity contribution in [1.29, 1.82) is 0 Å². The molecule has 1 N–H and O–H groups in total. The van der Waals surface area contributed by atoms with Crippen LogP contribution in [0.5, 0.6) is 5.75 Å². The lowest BCUT2D eigenvalue weighted by Gasteiger charge is -2.44. The van der Waals surface area contributed by atoms with Gasteiger partial charge in [-0.3, -0.25) is 9.69 Å². The molecule has 1 saturated heterocycles. The smallest absolute Gasteiger partial charge is 0.219 e. The van der Waals surface area contributed by atoms with Gasteiger partial charge in [-0.2, -0.15) is 0 Å². The van der Waals surface area contributed by atoms with Gasteiger partial charge in [0.05, 0.1) is 37.2 Å². The zero-order valence-electron chi connectivity index (χ0n) is 30.2. The number of fused-ring (bicyclic) bond motifs is 1. The molecule has 2 heterocycles. The quantitative estimate of drug-likeness (QED) is 0.217. The van der Waals surface area contributed by atoms with E-state index in [1.807, 2.05) is 26.1 Å². The number of hydrogen-bond donors (Lipinski definition) is 1. The topological polar surface area (TPSA) is 74.7 Å². The van der Waals surface area contributed by atoms with E-state index in [4.69, 9.17) is 14.2 Å². The standard InChI is InChI=1S/C40H59N3O5/c1-7-10-32-21-28(2)12-15-36(32)34-24-43(38-22-31(29(3)44)14-17-40(38)48-27-34)23-33-13-16-37(33)39(11-8-9-18-41(5)30(4)45)47-20-19-42-25-35(26-42)46-6/h8,11-12,14-15,17,21-22,29,33-35,37,39,44H,7,9-10,13,16,18-20,23-27H2,1-6H3/b11-8+. The molecular formula is C40H59N3O5. The molecule has 1 saturated carbocycles. The molecule has 0 aromatic heterocycles. The number of rotatable bonds is 16. The van der Waals surface area contributed by atoms with Crippen LogP contribution < -0.4 is 9.64 Å². The predicted molar refractivity (Wildman–Crippen MR) is 193 cm³/mol. The highest BCUT2D eigenvalue weighted by Gasteiger charge is 2.39. The molecule has 2 fully saturated rings. The second kappa shape index (κ2) is 17.1. The summed E-state index contributed by atoms with van der Waals surface area (Å²) in [4.78, 5) is 18.4. The fourth-order valence-corrected chi connectivity index (χ4v) is 7.44. The average molecular weight is 662 g/mol. The maximum absolute atomic E-state index is 11.7. The minimum Gasteiger partial charge on any atom is -0.491 e. The highest BCUT2D eigenvalue weighted by atomic mass is 16.5. The number of ether oxygens (including phenoxy) is 3. The van der Waals surface area contributed by atoms with E-state index in [9.17, 15) is 9.90 Å². The Bertz CT molecular complexity index is 1370. The number of likely N-dealkylation sites (tertiary alicyclic amines) is 1. The fraction of sp³-hybridized carbons (Fsp3) is 0.625. The number of nitrogens with zero attached hydrogens (tertiary/aromatic N) is 3. The van der Waals surface area contributed by atoms with E-state index in [-0.39, 0.29) is 17.9 Å². The van der Waals surface area contributed by atoms with Crippen LogP contribution in [-0.2, 0) is 20.7 Å². The summed E-state index contributed by atoms with van der Waals surface area (Å²) >= 11 is 0. The Morgan fingerprint density at radius 3 is 2.67 bits per heavy atom. The highest BCUT2D eigenvalue weighted by molar-refractivity contribution is 5.72. The van der Waals surface area contributed by atoms with Gasteiger partial charge in [0.2, 0.25) is 5.91 Å². The van der Waals surface area contributed by atoms with Crippen LogP contribution in [0, 0.1) is 18.8 Å². The van der Waals surface area contributed by atoms with Crippen LogP contribution in [0.25, 0.3) is 0 Å². The van der Waals surface area contributed by atoms with E-state index in [0.717, 1.165) is 81.8 Å². The summed E-state index contributed by atoms with van der Waals surface area (Å²) in [6.07, 6.45) is 9.57. The number of anilines is 1. The van der Waals surface area contributed by atoms with E-state index < -0.39 is 6.10 Å². The number of aryl methyl sites for hydroxylation is 2. The summed E-state index contributed by atoms with van der Waals surface area (Å²) in [6.45, 7) is 14.5. The number of methoxy groups -OCH3 is 1. The zero-order chi connectivity index (χ0) is 34.2. The maximum Gasteiger partial charge on any atom is 0.219 e. The van der Waals surface area contributed by atoms with Gasteiger partial charge in [0.15, 0.2) is 0 Å². The van der Waals surface area contributed by atoms with Crippen molar-refractivity contribution >= 4 is 11.6 Å². The average Bonchev–Trinajstić information content (AvgIpc) is 3.21. The van der Waals surface area contributed by atoms with Gasteiger partial charge in [0, 0.05) is 66.3 Å². The van der Waals surface area contributed by atoms with Gasteiger partial charge in [-0.25, -0.2) is 0 Å². The summed E-state index contributed by atoms with van der Waals surface area (Å²) in [7, 11) is 3.64. The van der Waals surface area contributed by atoms with Gasteiger partial charge in [0.25, 0.3) is 0 Å². The zero-order valence-corrected chi connectivity index (χ0v) is 30.2. The van der Waals surface area contributed by atoms with Crippen molar-refractivity contribution < 1.29 is 24.1 Å². The second-order valence-corrected chi connectivity index (χ2v) is 14.4. The van der Waals surface area contributed by atoms with Crippen molar-refractivity contribution in [2.45, 2.75) is 84.0 Å². The number of aliphatic hydroxyl groups excluding tert-OH is 1. The van der Waals surface area contributed by atoms with Crippen molar-refractivity contribution in [2.75, 3.05) is 71.5 Å². The molecule has 1 amide bonds. The van der Waals surface area contributed by atoms with E-state index in [2.05, 4.69) is 60.1 Å². The SMILES string of the molecule is CCCc1cc(C)ccc1C1COc2ccc(C(C)O)cc2N(CC2CCC2C(/C=C/CCN(C)C(C)=O)OCCN2CC(OC)C2)C1. The van der Waals surface area contributed by atoms with Gasteiger partial charge >= 0.3 is 0 Å². The molecule has 2 aromatic rings. The Morgan fingerprint density at radius 2 is 1.98 bits per heavy atom. The molecule has 8 heteroatoms. The molecule has 2 aliphatic heterocycles. The lowest BCUT2D eigenvalue weighted by Crippen LogP contribution is -2.53. The third-order valence-electron chi connectivity index (χ3n) is 10.8. The van der Waals surface area contributed by atoms with Crippen LogP contribution in [0.4, 0.5) is 5.69 Å². The first-order valence-corrected chi connectivity index (χ1v) is 18.2. The Balaban J connectivity index is 1.35. The first-order chi connectivity index (χ1) is 23.2. The number of amides is 1. The predicted octanol–water partition coefficient (Wildman–Crippen LogP) is 6.15. The minimum absolute atomic E-state index is 0.0291. The Kier molecular flexibility index (Phi) is 13.0. The summed E-state index contributed by atoms with van der Waals surface area (Å²) in [5, 5.41) is 10.5. The van der Waals surface area contributed by atoms with E-state index in [1.165, 1.54) is 16.7 Å². The molecule has 1 aliphatic carbocycles. The third kappa shape index (κ3) is 9.20. The van der Waals surface area contributed by atoms with Crippen molar-refractivity contribution in [3.63, 3.8) is 0 Å². The van der Waals surface area contributed by atoms with E-state index in [1.54, 1.807) is 18.9 Å². The molecule has 2 aromatic carbocycles. The van der Waals surface area contributed by atoms with Crippen LogP contribution in [0.3, 0.4) is 0 Å². The van der Waals surface area contributed by atoms with Crippen LogP contribution in [0.15, 0.2) is 48.6 Å². The van der Waals surface area contributed by atoms with Crippen molar-refractivity contribution in [2.24, 2.45) is 11.8 Å². The summed E-state index contributed by atoms with van der Waals surface area (Å²) < 4.78 is 18.7. The molecule has 48 heavy (non-hydrogen) atoms. The number of aliphatic hydroxyl groups is 1. The minimum atomic E-state index is -0.545. The molecule has 3 aliphatic rings. The lowest BCUT2D eigenvalue weighted by molar-refractivity contribution is -0.127. The summed E-state index contributed by atoms with van der Waals surface area (Å²) in [5.41, 5.74) is 6.11. The molecule has 0 radical (unpaired) electrons. The van der Waals surface area contributed by atoms with Crippen molar-refractivity contribution in [3.8, 4) is 5.75 Å². The number of benzene rings is 2. The lowest BCUT2D eigenvalue weighted by atomic mass is 9.70. The number of carbonyl (C=O) groups excluding carboxylic acids is 1. The second-order valence-electron chi connectivity index (χ2n) is 14.4. The molecular weight excluding hydrogens is 602 g/mol. The normalized spacial score (nSPS) is 22.7. The highest BCUT2D eigenvalue weighted by Crippen LogP contribution is 2.43. The van der Waals surface area contributed by atoms with Gasteiger partial charge in [-0.05, 0) is 80.2 Å². The van der Waals surface area contributed by atoms with Crippen LogP contribution >= 0.6 is 0 Å². The van der Waals surface area contributed by atoms with Gasteiger partial charge in [-0.15, -0.1) is 0 Å². The molecule has 0 bridgehead atoms. The third-order valence-corrected chi connectivity index (χ3v) is 10.8. The van der Waals surface area contributed by atoms with Gasteiger partial charge in [-0.1, -0.05) is 55.3 Å². The molecule has 264 valence electrons. The van der Waals surface area contributed by atoms with Crippen LogP contribution in [-0.4, -0.2) is 99.7 Å². The summed E-state index contributed by atoms with van der Waals surface area (Å²) in [5.74, 6) is 2.11. The molecule has 8 nitrogen and oxygen atoms in total. The van der Waals surface area contributed by atoms with Crippen molar-refractivity contribution in [1.82, 2.24) is 9.80 Å². The molecule has 0 spiro atoms. The van der Waals surface area contributed by atoms with Crippen LogP contribution in [0.1, 0.15) is 80.7 Å². The van der Waals surface area contributed by atoms with E-state index in [0.29, 0.717) is 37.7 Å². The largest absolute Gasteiger partial charge is 0.491 e. The first kappa shape index (κ1) is 36.4. The monoisotopic (exact) mass is 661 g/mol. The Morgan fingerprint density at radius 1 is 1.17 bits per heavy atom. The Labute approximate surface area is 289 Å².